The van der Waals surface area contributed by atoms with Gasteiger partial charge < -0.3 is 15.7 Å². The number of aliphatic hydroxyl groups is 1. The van der Waals surface area contributed by atoms with Crippen LogP contribution in [0.4, 0.5) is 20.2 Å². The molecule has 0 aromatic carbocycles. The van der Waals surface area contributed by atoms with Crippen molar-refractivity contribution in [1.29, 1.82) is 5.26 Å². The number of anilines is 2. The SMILES string of the molecule is CC(C)(F)Cn1cc(Nc2cc(-n3ncc4cc(C#N)cnc43)ncc2C(=O)NC[C@@H](F)C(C)(C)O)cn1. The number of carbonyl (C=O) groups excluding carboxylic acids is 1. The summed E-state index contributed by atoms with van der Waals surface area (Å²) in [5.41, 5.74) is -1.43. The van der Waals surface area contributed by atoms with Gasteiger partial charge in [-0.1, -0.05) is 0 Å². The standard InChI is InChI=1S/C25H27F2N9O2/c1-24(2,27)14-35-13-17(10-32-35)34-19-6-21(36-22-16(9-33-36)5-15(7-28)8-30-22)29-11-18(19)23(37)31-12-20(26)25(3,4)38/h5-6,8-11,13,20,38H,12,14H2,1-4H3,(H,29,34)(H,31,37)/t20-/m1/s1. The zero-order chi connectivity index (χ0) is 27.7. The Morgan fingerprint density at radius 1 is 1.16 bits per heavy atom. The lowest BCUT2D eigenvalue weighted by atomic mass is 10.0. The van der Waals surface area contributed by atoms with Gasteiger partial charge >= 0.3 is 0 Å². The van der Waals surface area contributed by atoms with Crippen LogP contribution in [0.1, 0.15) is 43.6 Å². The first-order valence-corrected chi connectivity index (χ1v) is 11.7. The fraction of sp³-hybridized carbons (Fsp3) is 0.360. The number of nitrogens with zero attached hydrogens (tertiary/aromatic N) is 7. The lowest BCUT2D eigenvalue weighted by Crippen LogP contribution is -2.42. The Hall–Kier alpha value is -4.44. The van der Waals surface area contributed by atoms with Crippen LogP contribution in [0.5, 0.6) is 0 Å². The molecule has 1 atom stereocenters. The molecule has 198 valence electrons. The Kier molecular flexibility index (Phi) is 7.10. The van der Waals surface area contributed by atoms with E-state index in [-0.39, 0.29) is 12.1 Å². The lowest BCUT2D eigenvalue weighted by molar-refractivity contribution is -0.00177. The van der Waals surface area contributed by atoms with Gasteiger partial charge in [-0.2, -0.15) is 20.1 Å². The van der Waals surface area contributed by atoms with E-state index in [0.29, 0.717) is 33.8 Å². The van der Waals surface area contributed by atoms with E-state index in [4.69, 9.17) is 5.26 Å². The third-order valence-corrected chi connectivity index (χ3v) is 5.55. The number of hydrogen-bond donors (Lipinski definition) is 3. The van der Waals surface area contributed by atoms with Crippen LogP contribution >= 0.6 is 0 Å². The number of rotatable bonds is 9. The van der Waals surface area contributed by atoms with Gasteiger partial charge in [0.25, 0.3) is 5.91 Å². The largest absolute Gasteiger partial charge is 0.387 e. The van der Waals surface area contributed by atoms with Gasteiger partial charge in [-0.25, -0.2) is 18.7 Å². The van der Waals surface area contributed by atoms with Crippen molar-refractivity contribution >= 4 is 28.3 Å². The summed E-state index contributed by atoms with van der Waals surface area (Å²) in [6.45, 7) is 5.10. The van der Waals surface area contributed by atoms with Gasteiger partial charge in [0, 0.05) is 30.0 Å². The quantitative estimate of drug-likeness (QED) is 0.303. The monoisotopic (exact) mass is 523 g/mol. The molecule has 0 aliphatic rings. The smallest absolute Gasteiger partial charge is 0.255 e. The zero-order valence-electron chi connectivity index (χ0n) is 21.3. The minimum absolute atomic E-state index is 0.0219. The number of fused-ring (bicyclic) bond motifs is 1. The topological polar surface area (TPSA) is 147 Å². The van der Waals surface area contributed by atoms with E-state index in [0.717, 1.165) is 0 Å². The van der Waals surface area contributed by atoms with Crippen molar-refractivity contribution in [1.82, 2.24) is 34.8 Å². The molecule has 0 saturated carbocycles. The van der Waals surface area contributed by atoms with E-state index in [1.54, 1.807) is 24.5 Å². The Morgan fingerprint density at radius 2 is 1.92 bits per heavy atom. The first kappa shape index (κ1) is 26.6. The molecule has 0 fully saturated rings. The molecule has 0 bridgehead atoms. The van der Waals surface area contributed by atoms with Crippen LogP contribution in [-0.2, 0) is 6.54 Å². The van der Waals surface area contributed by atoms with E-state index in [2.05, 4.69) is 30.8 Å². The molecule has 0 aliphatic carbocycles. The number of nitriles is 1. The van der Waals surface area contributed by atoms with Crippen LogP contribution < -0.4 is 10.6 Å². The highest BCUT2D eigenvalue weighted by atomic mass is 19.1. The molecule has 4 aromatic rings. The molecule has 38 heavy (non-hydrogen) atoms. The molecule has 0 radical (unpaired) electrons. The molecule has 0 aliphatic heterocycles. The average Bonchev–Trinajstić information content (AvgIpc) is 3.46. The number of alkyl halides is 2. The Labute approximate surface area is 217 Å². The molecule has 4 rings (SSSR count). The summed E-state index contributed by atoms with van der Waals surface area (Å²) in [4.78, 5) is 21.6. The van der Waals surface area contributed by atoms with Crippen molar-refractivity contribution in [2.45, 2.75) is 51.7 Å². The minimum atomic E-state index is -1.70. The molecule has 0 spiro atoms. The highest BCUT2D eigenvalue weighted by molar-refractivity contribution is 6.00. The second-order valence-corrected chi connectivity index (χ2v) is 9.99. The van der Waals surface area contributed by atoms with Gasteiger partial charge in [-0.3, -0.25) is 9.48 Å². The van der Waals surface area contributed by atoms with Gasteiger partial charge in [0.15, 0.2) is 11.5 Å². The minimum Gasteiger partial charge on any atom is -0.387 e. The normalized spacial score (nSPS) is 12.8. The number of pyridine rings is 2. The van der Waals surface area contributed by atoms with Gasteiger partial charge in [0.05, 0.1) is 53.6 Å². The molecule has 13 heteroatoms. The summed E-state index contributed by atoms with van der Waals surface area (Å²) < 4.78 is 31.2. The van der Waals surface area contributed by atoms with Gasteiger partial charge in [-0.15, -0.1) is 0 Å². The van der Waals surface area contributed by atoms with Crippen LogP contribution in [0.25, 0.3) is 16.9 Å². The van der Waals surface area contributed by atoms with Crippen molar-refractivity contribution in [2.75, 3.05) is 11.9 Å². The molecule has 0 unspecified atom stereocenters. The average molecular weight is 524 g/mol. The Morgan fingerprint density at radius 3 is 2.61 bits per heavy atom. The second-order valence-electron chi connectivity index (χ2n) is 9.99. The summed E-state index contributed by atoms with van der Waals surface area (Å²) in [7, 11) is 0. The van der Waals surface area contributed by atoms with Crippen molar-refractivity contribution in [2.24, 2.45) is 0 Å². The van der Waals surface area contributed by atoms with E-state index < -0.39 is 29.9 Å². The first-order valence-electron chi connectivity index (χ1n) is 11.7. The maximum atomic E-state index is 14.2. The number of amides is 1. The van der Waals surface area contributed by atoms with Crippen molar-refractivity contribution in [3.8, 4) is 11.9 Å². The maximum absolute atomic E-state index is 14.2. The molecule has 4 aromatic heterocycles. The summed E-state index contributed by atoms with van der Waals surface area (Å²) in [6, 6.07) is 5.22. The third kappa shape index (κ3) is 6.09. The van der Waals surface area contributed by atoms with Crippen LogP contribution in [-0.4, -0.2) is 64.5 Å². The van der Waals surface area contributed by atoms with Crippen molar-refractivity contribution in [3.63, 3.8) is 0 Å². The molecular weight excluding hydrogens is 496 g/mol. The van der Waals surface area contributed by atoms with E-state index in [9.17, 15) is 18.7 Å². The zero-order valence-corrected chi connectivity index (χ0v) is 21.3. The summed E-state index contributed by atoms with van der Waals surface area (Å²) in [5.74, 6) is -0.314. The number of carbonyl (C=O) groups is 1. The van der Waals surface area contributed by atoms with Gasteiger partial charge in [-0.05, 0) is 33.8 Å². The third-order valence-electron chi connectivity index (χ3n) is 5.55. The van der Waals surface area contributed by atoms with Gasteiger partial charge in [0.2, 0.25) is 0 Å². The summed E-state index contributed by atoms with van der Waals surface area (Å²) in [5, 5.41) is 33.6. The predicted molar refractivity (Wildman–Crippen MR) is 136 cm³/mol. The molecule has 11 nitrogen and oxygen atoms in total. The summed E-state index contributed by atoms with van der Waals surface area (Å²) in [6.07, 6.45) is 5.63. The molecule has 1 amide bonds. The van der Waals surface area contributed by atoms with Crippen LogP contribution in [0.2, 0.25) is 0 Å². The Balaban J connectivity index is 1.69. The van der Waals surface area contributed by atoms with E-state index in [1.165, 1.54) is 55.6 Å². The van der Waals surface area contributed by atoms with Crippen LogP contribution in [0.3, 0.4) is 0 Å². The highest BCUT2D eigenvalue weighted by Gasteiger charge is 2.27. The lowest BCUT2D eigenvalue weighted by Gasteiger charge is -2.22. The first-order chi connectivity index (χ1) is 17.8. The highest BCUT2D eigenvalue weighted by Crippen LogP contribution is 2.25. The number of hydrogen-bond acceptors (Lipinski definition) is 8. The maximum Gasteiger partial charge on any atom is 0.255 e. The van der Waals surface area contributed by atoms with Crippen molar-refractivity contribution < 1.29 is 18.7 Å². The Bertz CT molecular complexity index is 1510. The van der Waals surface area contributed by atoms with Crippen LogP contribution in [0, 0.1) is 11.3 Å². The van der Waals surface area contributed by atoms with Gasteiger partial charge in [0.1, 0.15) is 17.9 Å². The van der Waals surface area contributed by atoms with Crippen LogP contribution in [0.15, 0.2) is 43.1 Å². The molecule has 0 saturated heterocycles. The fourth-order valence-corrected chi connectivity index (χ4v) is 3.58. The molecule has 3 N–H and O–H groups in total. The second kappa shape index (κ2) is 10.1. The number of nitrogens with one attached hydrogen (secondary N) is 2. The van der Waals surface area contributed by atoms with Crippen molar-refractivity contribution in [3.05, 3.63) is 54.2 Å². The fourth-order valence-electron chi connectivity index (χ4n) is 3.58. The molecular formula is C25H27F2N9O2. The number of aromatic nitrogens is 6. The van der Waals surface area contributed by atoms with E-state index in [1.807, 2.05) is 6.07 Å². The summed E-state index contributed by atoms with van der Waals surface area (Å²) >= 11 is 0. The molecule has 4 heterocycles. The number of halogens is 2. The predicted octanol–water partition coefficient (Wildman–Crippen LogP) is 3.21. The van der Waals surface area contributed by atoms with E-state index >= 15 is 0 Å².